The molecule has 3 aromatic carbocycles. The zero-order chi connectivity index (χ0) is 33.1. The summed E-state index contributed by atoms with van der Waals surface area (Å²) in [6, 6.07) is 2.41. The summed E-state index contributed by atoms with van der Waals surface area (Å²) >= 11 is 0. The Kier molecular flexibility index (Phi) is 7.49. The van der Waals surface area contributed by atoms with Gasteiger partial charge in [-0.25, -0.2) is 14.4 Å². The molecule has 2 bridgehead atoms. The first-order chi connectivity index (χ1) is 21.1. The van der Waals surface area contributed by atoms with Gasteiger partial charge in [-0.15, -0.1) is 0 Å². The molecule has 1 saturated heterocycles. The molecule has 18 nitrogen and oxygen atoms in total. The fourth-order valence-electron chi connectivity index (χ4n) is 4.76. The Labute approximate surface area is 248 Å². The Balaban J connectivity index is 1.65. The van der Waals surface area contributed by atoms with E-state index in [2.05, 4.69) is 0 Å². The number of aromatic hydroxyl groups is 9. The molecule has 5 atom stereocenters. The minimum atomic E-state index is -2.22. The molecule has 2 heterocycles. The molecule has 0 aliphatic carbocycles. The van der Waals surface area contributed by atoms with Crippen LogP contribution in [0.2, 0.25) is 0 Å². The number of phenols is 9. The third kappa shape index (κ3) is 5.07. The van der Waals surface area contributed by atoms with E-state index in [4.69, 9.17) is 18.9 Å². The van der Waals surface area contributed by atoms with E-state index in [9.17, 15) is 70.6 Å². The molecule has 0 radical (unpaired) electrons. The highest BCUT2D eigenvalue weighted by atomic mass is 16.7. The molecule has 0 spiro atoms. The fourth-order valence-corrected chi connectivity index (χ4v) is 4.76. The maximum absolute atomic E-state index is 13.6. The van der Waals surface area contributed by atoms with Crippen molar-refractivity contribution in [2.45, 2.75) is 30.7 Å². The van der Waals surface area contributed by atoms with E-state index in [-0.39, 0.29) is 0 Å². The Morgan fingerprint density at radius 3 is 1.71 bits per heavy atom. The third-order valence-electron chi connectivity index (χ3n) is 7.00. The maximum Gasteiger partial charge on any atom is 0.339 e. The molecule has 18 heteroatoms. The number of aliphatic hydroxyl groups is 2. The largest absolute Gasteiger partial charge is 0.504 e. The predicted octanol–water partition coefficient (Wildman–Crippen LogP) is -0.297. The summed E-state index contributed by atoms with van der Waals surface area (Å²) in [4.78, 5) is 39.5. The van der Waals surface area contributed by atoms with Gasteiger partial charge in [0.15, 0.2) is 58.7 Å². The van der Waals surface area contributed by atoms with Crippen molar-refractivity contribution in [2.24, 2.45) is 0 Å². The Bertz CT molecular complexity index is 1730. The highest BCUT2D eigenvalue weighted by Gasteiger charge is 2.50. The fraction of sp³-hybridized carbons (Fsp3) is 0.222. The second-order valence-corrected chi connectivity index (χ2v) is 9.79. The van der Waals surface area contributed by atoms with Crippen LogP contribution < -0.4 is 0 Å². The van der Waals surface area contributed by atoms with Gasteiger partial charge >= 0.3 is 17.9 Å². The molecule has 0 saturated carbocycles. The smallest absolute Gasteiger partial charge is 0.339 e. The van der Waals surface area contributed by atoms with Crippen molar-refractivity contribution in [3.05, 3.63) is 41.0 Å². The lowest BCUT2D eigenvalue weighted by Gasteiger charge is -2.41. The molecule has 2 aliphatic rings. The van der Waals surface area contributed by atoms with Crippen molar-refractivity contribution in [2.75, 3.05) is 6.61 Å². The van der Waals surface area contributed by atoms with Crippen LogP contribution in [0.1, 0.15) is 31.1 Å². The SMILES string of the molecule is O=C(O[C@@H]1[C@H]2OC(=O)c3cc(O)c(O)c(O)c3-c3c(cc(O)c(O)c3O)C(=O)OC[C@@H](O[C@@H]1O)[C@H]2O)c1cc(O)c(O)c(O)c1. The molecule has 0 amide bonds. The highest BCUT2D eigenvalue weighted by Crippen LogP contribution is 2.53. The Hall–Kier alpha value is -5.85. The number of phenolic OH excluding ortho intramolecular Hbond substituents is 9. The number of carbonyl (C=O) groups excluding carboxylic acids is 3. The van der Waals surface area contributed by atoms with Crippen LogP contribution in [0.4, 0.5) is 0 Å². The van der Waals surface area contributed by atoms with Crippen LogP contribution in [0.25, 0.3) is 11.1 Å². The van der Waals surface area contributed by atoms with E-state index >= 15 is 0 Å². The second-order valence-electron chi connectivity index (χ2n) is 9.79. The first kappa shape index (κ1) is 30.6. The lowest BCUT2D eigenvalue weighted by molar-refractivity contribution is -0.284. The lowest BCUT2D eigenvalue weighted by Crippen LogP contribution is -2.61. The summed E-state index contributed by atoms with van der Waals surface area (Å²) in [6.45, 7) is -0.924. The van der Waals surface area contributed by atoms with Gasteiger partial charge in [0, 0.05) is 11.1 Å². The van der Waals surface area contributed by atoms with Gasteiger partial charge < -0.3 is 75.1 Å². The quantitative estimate of drug-likeness (QED) is 0.0979. The van der Waals surface area contributed by atoms with Gasteiger partial charge in [-0.1, -0.05) is 0 Å². The molecular weight excluding hydrogens is 612 g/mol. The maximum atomic E-state index is 13.6. The van der Waals surface area contributed by atoms with Crippen LogP contribution in [0.15, 0.2) is 24.3 Å². The third-order valence-corrected chi connectivity index (χ3v) is 7.00. The highest BCUT2D eigenvalue weighted by molar-refractivity contribution is 6.08. The molecule has 0 aromatic heterocycles. The van der Waals surface area contributed by atoms with Crippen LogP contribution in [-0.4, -0.2) is 111 Å². The summed E-state index contributed by atoms with van der Waals surface area (Å²) in [5.74, 6) is -14.7. The summed E-state index contributed by atoms with van der Waals surface area (Å²) in [7, 11) is 0. The number of fused-ring (bicyclic) bond motifs is 5. The number of esters is 3. The molecule has 11 N–H and O–H groups in total. The van der Waals surface area contributed by atoms with Gasteiger partial charge in [-0.05, 0) is 24.3 Å². The zero-order valence-electron chi connectivity index (χ0n) is 22.2. The predicted molar refractivity (Wildman–Crippen MR) is 139 cm³/mol. The van der Waals surface area contributed by atoms with Crippen molar-refractivity contribution < 1.29 is 89.5 Å². The van der Waals surface area contributed by atoms with Crippen molar-refractivity contribution >= 4 is 17.9 Å². The van der Waals surface area contributed by atoms with E-state index in [0.717, 1.165) is 0 Å². The molecule has 45 heavy (non-hydrogen) atoms. The van der Waals surface area contributed by atoms with Crippen molar-refractivity contribution in [1.29, 1.82) is 0 Å². The minimum absolute atomic E-state index is 0.500. The van der Waals surface area contributed by atoms with Crippen molar-refractivity contribution in [3.8, 4) is 62.9 Å². The van der Waals surface area contributed by atoms with E-state index < -0.39 is 135 Å². The topological polar surface area (TPSA) is 311 Å². The van der Waals surface area contributed by atoms with Crippen LogP contribution in [0, 0.1) is 0 Å². The summed E-state index contributed by atoms with van der Waals surface area (Å²) in [6.07, 6.45) is -10.2. The molecular formula is C27H22O18. The van der Waals surface area contributed by atoms with Gasteiger partial charge in [-0.2, -0.15) is 0 Å². The number of benzene rings is 3. The number of rotatable bonds is 2. The molecule has 3 aromatic rings. The van der Waals surface area contributed by atoms with Crippen LogP contribution in [0.3, 0.4) is 0 Å². The van der Waals surface area contributed by atoms with Crippen molar-refractivity contribution in [3.63, 3.8) is 0 Å². The van der Waals surface area contributed by atoms with Gasteiger partial charge in [0.25, 0.3) is 0 Å². The Morgan fingerprint density at radius 1 is 0.689 bits per heavy atom. The number of hydrogen-bond acceptors (Lipinski definition) is 18. The monoisotopic (exact) mass is 634 g/mol. The van der Waals surface area contributed by atoms with Gasteiger partial charge in [0.2, 0.25) is 11.5 Å². The average Bonchev–Trinajstić information content (AvgIpc) is 2.99. The van der Waals surface area contributed by atoms with Crippen LogP contribution >= 0.6 is 0 Å². The molecule has 238 valence electrons. The zero-order valence-corrected chi connectivity index (χ0v) is 22.2. The first-order valence-corrected chi connectivity index (χ1v) is 12.5. The molecule has 0 unspecified atom stereocenters. The Morgan fingerprint density at radius 2 is 1.18 bits per heavy atom. The van der Waals surface area contributed by atoms with Gasteiger partial charge in [0.1, 0.15) is 18.8 Å². The van der Waals surface area contributed by atoms with E-state index in [1.165, 1.54) is 0 Å². The molecule has 2 aliphatic heterocycles. The number of carbonyl (C=O) groups is 3. The minimum Gasteiger partial charge on any atom is -0.504 e. The van der Waals surface area contributed by atoms with Crippen molar-refractivity contribution in [1.82, 2.24) is 0 Å². The van der Waals surface area contributed by atoms with E-state index in [0.29, 0.717) is 24.3 Å². The first-order valence-electron chi connectivity index (χ1n) is 12.5. The number of ether oxygens (including phenoxy) is 4. The number of cyclic esters (lactones) is 1. The van der Waals surface area contributed by atoms with E-state index in [1.807, 2.05) is 0 Å². The molecule has 1 fully saturated rings. The lowest BCUT2D eigenvalue weighted by atomic mass is 9.91. The van der Waals surface area contributed by atoms with Crippen LogP contribution in [0.5, 0.6) is 51.7 Å². The van der Waals surface area contributed by atoms with E-state index in [1.54, 1.807) is 0 Å². The standard InChI is InChI=1S/C27H22O18/c28-9-1-6(2-10(29)16(9)32)24(38)45-23-22-19(35)13(43-27(23)41)5-42-25(39)7-3-11(30)17(33)20(36)14(7)15-8(26(40)44-22)4-12(31)18(34)21(15)37/h1-4,13,19,22-23,27-37,41H,5H2/t13-,19-,22+,23-,27+/m1/s1. The number of hydrogen-bond donors (Lipinski definition) is 11. The van der Waals surface area contributed by atoms with Gasteiger partial charge in [0.05, 0.1) is 16.7 Å². The summed E-state index contributed by atoms with van der Waals surface area (Å²) < 4.78 is 20.8. The van der Waals surface area contributed by atoms with Gasteiger partial charge in [-0.3, -0.25) is 0 Å². The normalized spacial score (nSPS) is 22.9. The second kappa shape index (κ2) is 11.0. The molecule has 5 rings (SSSR count). The number of aliphatic hydroxyl groups excluding tert-OH is 2. The average molecular weight is 634 g/mol. The summed E-state index contributed by atoms with van der Waals surface area (Å²) in [5.41, 5.74) is -4.19. The summed E-state index contributed by atoms with van der Waals surface area (Å²) in [5, 5.41) is 113. The van der Waals surface area contributed by atoms with Crippen LogP contribution in [-0.2, 0) is 18.9 Å².